The molecule has 0 saturated heterocycles. The van der Waals surface area contributed by atoms with Crippen molar-refractivity contribution in [2.24, 2.45) is 11.7 Å². The zero-order valence-corrected chi connectivity index (χ0v) is 21.2. The van der Waals surface area contributed by atoms with Crippen LogP contribution >= 0.6 is 11.3 Å². The molecule has 9 heteroatoms. The summed E-state index contributed by atoms with van der Waals surface area (Å²) in [6, 6.07) is 11.8. The second-order valence-electron chi connectivity index (χ2n) is 8.95. The van der Waals surface area contributed by atoms with E-state index in [1.165, 1.54) is 6.20 Å². The Morgan fingerprint density at radius 2 is 2.11 bits per heavy atom. The molecule has 0 radical (unpaired) electrons. The highest BCUT2D eigenvalue weighted by Crippen LogP contribution is 2.33. The third kappa shape index (κ3) is 4.87. The maximum Gasteiger partial charge on any atom is 0.224 e. The average molecular weight is 508 g/mol. The Morgan fingerprint density at radius 3 is 2.84 bits per heavy atom. The first kappa shape index (κ1) is 24.0. The van der Waals surface area contributed by atoms with E-state index < -0.39 is 0 Å². The number of H-pyrrole nitrogens is 2. The lowest BCUT2D eigenvalue weighted by molar-refractivity contribution is -0.116. The number of carbonyl (C=O) groups excluding carboxylic acids is 1. The number of nitrogens with two attached hydrogens (primary N) is 1. The van der Waals surface area contributed by atoms with Crippen LogP contribution in [-0.2, 0) is 4.79 Å². The number of thiophene rings is 1. The number of anilines is 1. The molecule has 0 aliphatic rings. The third-order valence-corrected chi connectivity index (χ3v) is 6.70. The topological polar surface area (TPSA) is 125 Å². The number of amides is 1. The molecule has 5 rings (SSSR count). The van der Waals surface area contributed by atoms with E-state index >= 15 is 0 Å². The number of fused-ring (bicyclic) bond motifs is 1. The SMILES string of the molecule is C#Cc1[nH]c(-c2n[nH]c3ccc(-c4cncc(NC(=O)CC(C)C)c4)cc23)nc1/C(=C\N)c1cccs1. The molecule has 0 spiro atoms. The second kappa shape index (κ2) is 10.1. The Morgan fingerprint density at radius 1 is 1.24 bits per heavy atom. The van der Waals surface area contributed by atoms with Crippen LogP contribution in [0.3, 0.4) is 0 Å². The molecular weight excluding hydrogens is 482 g/mol. The van der Waals surface area contributed by atoms with Crippen molar-refractivity contribution in [1.82, 2.24) is 25.1 Å². The molecule has 8 nitrogen and oxygen atoms in total. The first-order valence-corrected chi connectivity index (χ1v) is 12.6. The monoisotopic (exact) mass is 507 g/mol. The van der Waals surface area contributed by atoms with Crippen molar-refractivity contribution >= 4 is 39.4 Å². The van der Waals surface area contributed by atoms with E-state index in [2.05, 4.69) is 31.4 Å². The molecule has 4 aromatic heterocycles. The fourth-order valence-electron chi connectivity index (χ4n) is 4.12. The van der Waals surface area contributed by atoms with Gasteiger partial charge >= 0.3 is 0 Å². The molecule has 0 bridgehead atoms. The molecule has 1 amide bonds. The number of benzene rings is 1. The summed E-state index contributed by atoms with van der Waals surface area (Å²) < 4.78 is 0. The van der Waals surface area contributed by atoms with Gasteiger partial charge in [-0.05, 0) is 41.1 Å². The van der Waals surface area contributed by atoms with Gasteiger partial charge in [-0.2, -0.15) is 5.10 Å². The molecule has 5 aromatic rings. The van der Waals surface area contributed by atoms with Gasteiger partial charge in [-0.3, -0.25) is 14.9 Å². The van der Waals surface area contributed by atoms with Gasteiger partial charge in [0.2, 0.25) is 5.91 Å². The third-order valence-electron chi connectivity index (χ3n) is 5.79. The van der Waals surface area contributed by atoms with Gasteiger partial charge in [0.05, 0.1) is 17.4 Å². The standard InChI is InChI=1S/C28H25N7OS/c1-4-22-26(21(13-29)24-6-5-9-37-24)33-28(32-22)27-20-12-17(7-8-23(20)34-35-27)18-11-19(15-30-14-18)31-25(36)10-16(2)3/h1,5-9,11-16H,10,29H2,2-3H3,(H,31,36)(H,32,33)(H,34,35)/b21-13-. The Balaban J connectivity index is 1.52. The summed E-state index contributed by atoms with van der Waals surface area (Å²) in [5.41, 5.74) is 11.8. The van der Waals surface area contributed by atoms with E-state index in [1.807, 2.05) is 55.6 Å². The number of nitrogens with zero attached hydrogens (tertiary/aromatic N) is 3. The van der Waals surface area contributed by atoms with Crippen LogP contribution in [-0.4, -0.2) is 31.1 Å². The van der Waals surface area contributed by atoms with Crippen molar-refractivity contribution in [1.29, 1.82) is 0 Å². The van der Waals surface area contributed by atoms with E-state index in [4.69, 9.17) is 17.1 Å². The highest BCUT2D eigenvalue weighted by molar-refractivity contribution is 7.11. The van der Waals surface area contributed by atoms with Crippen LogP contribution in [0.1, 0.15) is 36.5 Å². The maximum atomic E-state index is 12.2. The number of imidazole rings is 1. The van der Waals surface area contributed by atoms with E-state index in [-0.39, 0.29) is 11.8 Å². The second-order valence-corrected chi connectivity index (χ2v) is 9.90. The molecule has 0 aliphatic carbocycles. The van der Waals surface area contributed by atoms with Crippen LogP contribution in [0.25, 0.3) is 39.1 Å². The Bertz CT molecular complexity index is 1650. The molecule has 0 atom stereocenters. The molecular formula is C28H25N7OS. The van der Waals surface area contributed by atoms with Crippen LogP contribution in [0.2, 0.25) is 0 Å². The fraction of sp³-hybridized carbons (Fsp3) is 0.143. The van der Waals surface area contributed by atoms with Gasteiger partial charge in [0.1, 0.15) is 17.1 Å². The van der Waals surface area contributed by atoms with Crippen molar-refractivity contribution in [2.45, 2.75) is 20.3 Å². The van der Waals surface area contributed by atoms with Gasteiger partial charge < -0.3 is 16.0 Å². The molecule has 1 aromatic carbocycles. The molecule has 4 heterocycles. The van der Waals surface area contributed by atoms with Gasteiger partial charge in [-0.15, -0.1) is 17.8 Å². The van der Waals surface area contributed by atoms with Crippen molar-refractivity contribution in [3.8, 4) is 35.0 Å². The summed E-state index contributed by atoms with van der Waals surface area (Å²) in [5, 5.41) is 13.3. The quantitative estimate of drug-likeness (QED) is 0.220. The normalized spacial score (nSPS) is 11.7. The average Bonchev–Trinajstić information content (AvgIpc) is 3.64. The summed E-state index contributed by atoms with van der Waals surface area (Å²) in [6.07, 6.45) is 11.2. The van der Waals surface area contributed by atoms with Gasteiger partial charge in [0.15, 0.2) is 5.82 Å². The van der Waals surface area contributed by atoms with Gasteiger partial charge in [0, 0.05) is 40.2 Å². The first-order chi connectivity index (χ1) is 18.0. The molecule has 5 N–H and O–H groups in total. The van der Waals surface area contributed by atoms with E-state index in [0.717, 1.165) is 32.5 Å². The number of rotatable bonds is 7. The molecule has 0 unspecified atom stereocenters. The first-order valence-electron chi connectivity index (χ1n) is 11.7. The Hall–Kier alpha value is -4.68. The lowest BCUT2D eigenvalue weighted by Crippen LogP contribution is -2.13. The number of aromatic nitrogens is 5. The van der Waals surface area contributed by atoms with Crippen molar-refractivity contribution < 1.29 is 4.79 Å². The van der Waals surface area contributed by atoms with Crippen LogP contribution in [0.15, 0.2) is 60.4 Å². The molecule has 37 heavy (non-hydrogen) atoms. The lowest BCUT2D eigenvalue weighted by atomic mass is 10.0. The fourth-order valence-corrected chi connectivity index (χ4v) is 4.87. The van der Waals surface area contributed by atoms with Crippen molar-refractivity contribution in [3.63, 3.8) is 0 Å². The minimum Gasteiger partial charge on any atom is -0.404 e. The van der Waals surface area contributed by atoms with E-state index in [9.17, 15) is 4.79 Å². The number of hydrogen-bond acceptors (Lipinski definition) is 6. The van der Waals surface area contributed by atoms with E-state index in [0.29, 0.717) is 35.0 Å². The minimum absolute atomic E-state index is 0.0343. The number of carbonyl (C=O) groups is 1. The molecule has 0 saturated carbocycles. The summed E-state index contributed by atoms with van der Waals surface area (Å²) in [6.45, 7) is 4.02. The summed E-state index contributed by atoms with van der Waals surface area (Å²) in [4.78, 5) is 25.5. The molecule has 0 aliphatic heterocycles. The summed E-state index contributed by atoms with van der Waals surface area (Å²) in [7, 11) is 0. The summed E-state index contributed by atoms with van der Waals surface area (Å²) >= 11 is 1.56. The Kier molecular flexibility index (Phi) is 6.58. The Labute approximate surface area is 218 Å². The van der Waals surface area contributed by atoms with Gasteiger partial charge in [0.25, 0.3) is 0 Å². The number of hydrogen-bond donors (Lipinski definition) is 4. The van der Waals surface area contributed by atoms with Gasteiger partial charge in [-0.1, -0.05) is 31.9 Å². The number of terminal acetylenes is 1. The van der Waals surface area contributed by atoms with E-state index in [1.54, 1.807) is 23.7 Å². The zero-order chi connectivity index (χ0) is 25.9. The molecule has 0 fully saturated rings. The predicted molar refractivity (Wildman–Crippen MR) is 149 cm³/mol. The minimum atomic E-state index is -0.0343. The number of aromatic amines is 2. The number of nitrogens with one attached hydrogen (secondary N) is 3. The lowest BCUT2D eigenvalue weighted by Gasteiger charge is -2.09. The van der Waals surface area contributed by atoms with Crippen molar-refractivity contribution in [3.05, 3.63) is 76.6 Å². The number of pyridine rings is 1. The van der Waals surface area contributed by atoms with Gasteiger partial charge in [-0.25, -0.2) is 4.98 Å². The molecule has 184 valence electrons. The smallest absolute Gasteiger partial charge is 0.224 e. The highest BCUT2D eigenvalue weighted by Gasteiger charge is 2.19. The van der Waals surface area contributed by atoms with Crippen LogP contribution in [0, 0.1) is 18.3 Å². The highest BCUT2D eigenvalue weighted by atomic mass is 32.1. The maximum absolute atomic E-state index is 12.2. The van der Waals surface area contributed by atoms with Crippen molar-refractivity contribution in [2.75, 3.05) is 5.32 Å². The van der Waals surface area contributed by atoms with Crippen LogP contribution < -0.4 is 11.1 Å². The predicted octanol–water partition coefficient (Wildman–Crippen LogP) is 5.39. The largest absolute Gasteiger partial charge is 0.404 e. The summed E-state index contributed by atoms with van der Waals surface area (Å²) in [5.74, 6) is 3.46. The van der Waals surface area contributed by atoms with Crippen LogP contribution in [0.5, 0.6) is 0 Å². The van der Waals surface area contributed by atoms with Crippen LogP contribution in [0.4, 0.5) is 5.69 Å². The zero-order valence-electron chi connectivity index (χ0n) is 20.4.